The van der Waals surface area contributed by atoms with Gasteiger partial charge in [0.2, 0.25) is 0 Å². The maximum absolute atomic E-state index is 5.78. The van der Waals surface area contributed by atoms with Gasteiger partial charge in [-0.3, -0.25) is 0 Å². The Hall–Kier alpha value is -1.35. The van der Waals surface area contributed by atoms with Crippen molar-refractivity contribution in [2.45, 2.75) is 13.8 Å². The van der Waals surface area contributed by atoms with E-state index in [0.29, 0.717) is 10.8 Å². The molecule has 1 aromatic carbocycles. The summed E-state index contributed by atoms with van der Waals surface area (Å²) in [5.41, 5.74) is 12.9. The number of nitrogens with one attached hydrogen (secondary N) is 1. The first-order chi connectivity index (χ1) is 7.00. The minimum absolute atomic E-state index is 0.255. The van der Waals surface area contributed by atoms with Gasteiger partial charge in [0, 0.05) is 10.7 Å². The summed E-state index contributed by atoms with van der Waals surface area (Å²) in [7, 11) is 0. The lowest BCUT2D eigenvalue weighted by Gasteiger charge is -2.15. The summed E-state index contributed by atoms with van der Waals surface area (Å²) in [4.78, 5) is 0. The molecule has 4 heteroatoms. The quantitative estimate of drug-likeness (QED) is 0.741. The Bertz CT molecular complexity index is 351. The molecule has 0 spiro atoms. The summed E-state index contributed by atoms with van der Waals surface area (Å²) in [6.07, 6.45) is 0. The monoisotopic (exact) mass is 225 g/mol. The van der Waals surface area contributed by atoms with Gasteiger partial charge < -0.3 is 16.8 Å². The molecule has 0 aromatic heterocycles. The highest BCUT2D eigenvalue weighted by molar-refractivity contribution is 6.30. The van der Waals surface area contributed by atoms with Crippen LogP contribution in [0.3, 0.4) is 0 Å². The Kier molecular flexibility index (Phi) is 3.86. The topological polar surface area (TPSA) is 64.1 Å². The number of hydrogen-bond donors (Lipinski definition) is 3. The average molecular weight is 226 g/mol. The van der Waals surface area contributed by atoms with Crippen molar-refractivity contribution in [3.63, 3.8) is 0 Å². The van der Waals surface area contributed by atoms with Crippen molar-refractivity contribution in [2.75, 3.05) is 5.32 Å². The first kappa shape index (κ1) is 11.7. The molecule has 15 heavy (non-hydrogen) atoms. The molecule has 0 aliphatic rings. The van der Waals surface area contributed by atoms with Gasteiger partial charge in [0.15, 0.2) is 0 Å². The van der Waals surface area contributed by atoms with Gasteiger partial charge in [-0.05, 0) is 30.2 Å². The van der Waals surface area contributed by atoms with Crippen LogP contribution in [-0.4, -0.2) is 0 Å². The van der Waals surface area contributed by atoms with E-state index in [2.05, 4.69) is 5.32 Å². The van der Waals surface area contributed by atoms with Gasteiger partial charge in [-0.1, -0.05) is 25.4 Å². The van der Waals surface area contributed by atoms with Crippen LogP contribution in [0.1, 0.15) is 13.8 Å². The van der Waals surface area contributed by atoms with Crippen molar-refractivity contribution in [2.24, 2.45) is 17.4 Å². The highest BCUT2D eigenvalue weighted by Gasteiger charge is 2.06. The number of anilines is 1. The Balaban J connectivity index is 2.85. The standard InChI is InChI=1S/C11H16ClN3/c1-7(2)10(11(13)14)15-9-5-3-8(12)4-6-9/h3-7,15H,13-14H2,1-2H3. The molecule has 0 atom stereocenters. The molecule has 3 nitrogen and oxygen atoms in total. The maximum atomic E-state index is 5.78. The van der Waals surface area contributed by atoms with Gasteiger partial charge in [-0.15, -0.1) is 0 Å². The molecule has 0 unspecified atom stereocenters. The molecule has 0 amide bonds. The number of nitrogens with two attached hydrogens (primary N) is 2. The molecule has 5 N–H and O–H groups in total. The lowest BCUT2D eigenvalue weighted by Crippen LogP contribution is -2.20. The van der Waals surface area contributed by atoms with Gasteiger partial charge in [0.1, 0.15) is 5.82 Å². The van der Waals surface area contributed by atoms with E-state index >= 15 is 0 Å². The van der Waals surface area contributed by atoms with Crippen LogP contribution >= 0.6 is 11.6 Å². The van der Waals surface area contributed by atoms with Crippen molar-refractivity contribution in [3.05, 3.63) is 40.8 Å². The van der Waals surface area contributed by atoms with Crippen LogP contribution in [0.15, 0.2) is 35.8 Å². The fourth-order valence-corrected chi connectivity index (χ4v) is 1.36. The number of hydrogen-bond acceptors (Lipinski definition) is 3. The average Bonchev–Trinajstić information content (AvgIpc) is 2.15. The van der Waals surface area contributed by atoms with Crippen LogP contribution in [0.4, 0.5) is 5.69 Å². The van der Waals surface area contributed by atoms with Crippen molar-refractivity contribution in [3.8, 4) is 0 Å². The minimum atomic E-state index is 0.255. The summed E-state index contributed by atoms with van der Waals surface area (Å²) in [5.74, 6) is 0.575. The molecular formula is C11H16ClN3. The van der Waals surface area contributed by atoms with Crippen molar-refractivity contribution >= 4 is 17.3 Å². The second-order valence-electron chi connectivity index (χ2n) is 3.66. The smallest absolute Gasteiger partial charge is 0.114 e. The van der Waals surface area contributed by atoms with E-state index in [9.17, 15) is 0 Å². The van der Waals surface area contributed by atoms with E-state index in [1.807, 2.05) is 38.1 Å². The first-order valence-electron chi connectivity index (χ1n) is 4.78. The molecule has 0 bridgehead atoms. The van der Waals surface area contributed by atoms with Crippen molar-refractivity contribution in [1.29, 1.82) is 0 Å². The summed E-state index contributed by atoms with van der Waals surface area (Å²) in [6.45, 7) is 4.05. The van der Waals surface area contributed by atoms with Crippen LogP contribution in [0.2, 0.25) is 5.02 Å². The zero-order valence-electron chi connectivity index (χ0n) is 8.92. The Morgan fingerprint density at radius 2 is 1.73 bits per heavy atom. The fraction of sp³-hybridized carbons (Fsp3) is 0.273. The second kappa shape index (κ2) is 4.94. The molecule has 82 valence electrons. The van der Waals surface area contributed by atoms with Gasteiger partial charge in [0.05, 0.1) is 5.70 Å². The second-order valence-corrected chi connectivity index (χ2v) is 4.09. The van der Waals surface area contributed by atoms with E-state index in [0.717, 1.165) is 11.4 Å². The SMILES string of the molecule is CC(C)C(Nc1ccc(Cl)cc1)=C(N)N. The third kappa shape index (κ3) is 3.36. The van der Waals surface area contributed by atoms with Crippen LogP contribution in [0.5, 0.6) is 0 Å². The van der Waals surface area contributed by atoms with E-state index in [1.165, 1.54) is 0 Å². The highest BCUT2D eigenvalue weighted by atomic mass is 35.5. The Labute approximate surface area is 95.1 Å². The maximum Gasteiger partial charge on any atom is 0.114 e. The third-order valence-corrected chi connectivity index (χ3v) is 2.26. The zero-order valence-corrected chi connectivity index (χ0v) is 9.68. The molecule has 0 saturated carbocycles. The number of halogens is 1. The van der Waals surface area contributed by atoms with Gasteiger partial charge in [-0.25, -0.2) is 0 Å². The normalized spacial score (nSPS) is 10.1. The van der Waals surface area contributed by atoms with Gasteiger partial charge in [0.25, 0.3) is 0 Å². The largest absolute Gasteiger partial charge is 0.384 e. The summed E-state index contributed by atoms with van der Waals surface area (Å²) in [5, 5.41) is 3.88. The Morgan fingerprint density at radius 3 is 2.13 bits per heavy atom. The van der Waals surface area contributed by atoms with E-state index < -0.39 is 0 Å². The molecule has 0 radical (unpaired) electrons. The lowest BCUT2D eigenvalue weighted by molar-refractivity contribution is 0.756. The number of allylic oxidation sites excluding steroid dienone is 1. The van der Waals surface area contributed by atoms with Crippen molar-refractivity contribution < 1.29 is 0 Å². The molecule has 1 aromatic rings. The van der Waals surface area contributed by atoms with Crippen LogP contribution in [0, 0.1) is 5.92 Å². The van der Waals surface area contributed by atoms with Crippen LogP contribution < -0.4 is 16.8 Å². The van der Waals surface area contributed by atoms with E-state index in [-0.39, 0.29) is 5.92 Å². The third-order valence-electron chi connectivity index (χ3n) is 2.01. The van der Waals surface area contributed by atoms with Crippen LogP contribution in [0.25, 0.3) is 0 Å². The lowest BCUT2D eigenvalue weighted by atomic mass is 10.1. The number of rotatable bonds is 3. The first-order valence-corrected chi connectivity index (χ1v) is 5.16. The summed E-state index contributed by atoms with van der Waals surface area (Å²) >= 11 is 5.78. The molecular weight excluding hydrogens is 210 g/mol. The molecule has 0 aliphatic carbocycles. The fourth-order valence-electron chi connectivity index (χ4n) is 1.24. The Morgan fingerprint density at radius 1 is 1.20 bits per heavy atom. The summed E-state index contributed by atoms with van der Waals surface area (Å²) < 4.78 is 0. The molecule has 1 rings (SSSR count). The predicted molar refractivity (Wildman–Crippen MR) is 65.3 cm³/mol. The molecule has 0 saturated heterocycles. The van der Waals surface area contributed by atoms with E-state index in [4.69, 9.17) is 23.1 Å². The zero-order chi connectivity index (χ0) is 11.4. The van der Waals surface area contributed by atoms with Crippen molar-refractivity contribution in [1.82, 2.24) is 0 Å². The molecule has 0 aliphatic heterocycles. The van der Waals surface area contributed by atoms with Gasteiger partial charge in [-0.2, -0.15) is 0 Å². The number of benzene rings is 1. The highest BCUT2D eigenvalue weighted by Crippen LogP contribution is 2.18. The van der Waals surface area contributed by atoms with Crippen LogP contribution in [-0.2, 0) is 0 Å². The minimum Gasteiger partial charge on any atom is -0.384 e. The molecule has 0 fully saturated rings. The van der Waals surface area contributed by atoms with E-state index in [1.54, 1.807) is 0 Å². The molecule has 0 heterocycles. The van der Waals surface area contributed by atoms with Gasteiger partial charge >= 0.3 is 0 Å². The predicted octanol–water partition coefficient (Wildman–Crippen LogP) is 2.49. The summed E-state index contributed by atoms with van der Waals surface area (Å²) in [6, 6.07) is 7.39.